The van der Waals surface area contributed by atoms with Crippen LogP contribution in [0.15, 0.2) is 11.1 Å². The van der Waals surface area contributed by atoms with Crippen LogP contribution >= 0.6 is 0 Å². The molecule has 1 spiro atoms. The summed E-state index contributed by atoms with van der Waals surface area (Å²) in [6.45, 7) is 17.2. The van der Waals surface area contributed by atoms with Gasteiger partial charge in [0.25, 0.3) is 0 Å². The second-order valence-electron chi connectivity index (χ2n) is 16.3. The molecule has 2 aliphatic heterocycles. The SMILES string of the molecule is CC1=C2C[C@H]3[C@@H](CC[C@@H]4C[C@H](N(C(C)(C)C)S(C)(=O)=O)CC[C@@]43C)[C@@H]2CC[C@@]2(C1)O[C@@H]1C[C@H](C)CN[C@H]1[C@H]2C. The summed E-state index contributed by atoms with van der Waals surface area (Å²) in [6, 6.07) is 0.664. The fourth-order valence-electron chi connectivity index (χ4n) is 11.3. The molecule has 5 fully saturated rings. The summed E-state index contributed by atoms with van der Waals surface area (Å²) in [5.41, 5.74) is 3.43. The van der Waals surface area contributed by atoms with E-state index >= 15 is 0 Å². The van der Waals surface area contributed by atoms with E-state index in [2.05, 4.69) is 53.8 Å². The summed E-state index contributed by atoms with van der Waals surface area (Å²) in [7, 11) is -3.24. The number of nitrogens with one attached hydrogen (secondary N) is 1. The summed E-state index contributed by atoms with van der Waals surface area (Å²) >= 11 is 0. The van der Waals surface area contributed by atoms with E-state index in [9.17, 15) is 8.42 Å². The highest BCUT2D eigenvalue weighted by atomic mass is 32.2. The van der Waals surface area contributed by atoms with Crippen molar-refractivity contribution in [2.45, 2.75) is 142 Å². The number of rotatable bonds is 2. The fourth-order valence-corrected chi connectivity index (χ4v) is 13.1. The minimum atomic E-state index is -3.24. The van der Waals surface area contributed by atoms with Crippen molar-refractivity contribution in [2.24, 2.45) is 40.9 Å². The Labute approximate surface area is 239 Å². The molecule has 6 aliphatic rings. The van der Waals surface area contributed by atoms with E-state index < -0.39 is 10.0 Å². The van der Waals surface area contributed by atoms with Crippen molar-refractivity contribution in [3.8, 4) is 0 Å². The third-order valence-corrected chi connectivity index (χ3v) is 14.5. The number of hydrogen-bond acceptors (Lipinski definition) is 4. The second kappa shape index (κ2) is 9.54. The first-order valence-corrected chi connectivity index (χ1v) is 18.1. The maximum atomic E-state index is 12.9. The molecule has 6 rings (SSSR count). The largest absolute Gasteiger partial charge is 0.369 e. The predicted molar refractivity (Wildman–Crippen MR) is 159 cm³/mol. The van der Waals surface area contributed by atoms with Crippen molar-refractivity contribution in [3.63, 3.8) is 0 Å². The Morgan fingerprint density at radius 1 is 1.05 bits per heavy atom. The van der Waals surface area contributed by atoms with Crippen molar-refractivity contribution in [3.05, 3.63) is 11.1 Å². The molecule has 1 N–H and O–H groups in total. The summed E-state index contributed by atoms with van der Waals surface area (Å²) in [4.78, 5) is 0. The number of hydrogen-bond donors (Lipinski definition) is 1. The molecule has 5 nitrogen and oxygen atoms in total. The van der Waals surface area contributed by atoms with Gasteiger partial charge in [-0.2, -0.15) is 4.31 Å². The average Bonchev–Trinajstić information content (AvgIpc) is 3.27. The minimum Gasteiger partial charge on any atom is -0.369 e. The van der Waals surface area contributed by atoms with Gasteiger partial charge in [-0.25, -0.2) is 8.42 Å². The topological polar surface area (TPSA) is 58.6 Å². The Kier molecular flexibility index (Phi) is 7.02. The van der Waals surface area contributed by atoms with E-state index in [0.717, 1.165) is 43.6 Å². The molecule has 0 unspecified atom stereocenters. The molecule has 0 aromatic heterocycles. The maximum Gasteiger partial charge on any atom is 0.211 e. The van der Waals surface area contributed by atoms with Gasteiger partial charge in [-0.05, 0) is 133 Å². The Morgan fingerprint density at radius 2 is 1.79 bits per heavy atom. The maximum absolute atomic E-state index is 12.9. The van der Waals surface area contributed by atoms with E-state index in [-0.39, 0.29) is 17.2 Å². The first-order valence-electron chi connectivity index (χ1n) is 16.2. The quantitative estimate of drug-likeness (QED) is 0.390. The van der Waals surface area contributed by atoms with Crippen molar-refractivity contribution >= 4 is 10.0 Å². The predicted octanol–water partition coefficient (Wildman–Crippen LogP) is 6.54. The Morgan fingerprint density at radius 3 is 2.49 bits per heavy atom. The third-order valence-electron chi connectivity index (χ3n) is 13.0. The van der Waals surface area contributed by atoms with Crippen LogP contribution in [-0.2, 0) is 14.8 Å². The highest BCUT2D eigenvalue weighted by Crippen LogP contribution is 2.65. The highest BCUT2D eigenvalue weighted by molar-refractivity contribution is 7.88. The molecule has 0 aromatic rings. The number of sulfonamides is 1. The lowest BCUT2D eigenvalue weighted by Gasteiger charge is -2.56. The van der Waals surface area contributed by atoms with Crippen LogP contribution in [0, 0.1) is 40.9 Å². The van der Waals surface area contributed by atoms with E-state index in [0.29, 0.717) is 35.3 Å². The van der Waals surface area contributed by atoms with Crippen LogP contribution in [0.5, 0.6) is 0 Å². The van der Waals surface area contributed by atoms with Gasteiger partial charge >= 0.3 is 0 Å². The summed E-state index contributed by atoms with van der Waals surface area (Å²) in [5, 5.41) is 3.87. The van der Waals surface area contributed by atoms with Gasteiger partial charge in [0, 0.05) is 23.5 Å². The molecule has 6 heteroatoms. The third kappa shape index (κ3) is 4.61. The van der Waals surface area contributed by atoms with Gasteiger partial charge in [-0.15, -0.1) is 0 Å². The van der Waals surface area contributed by atoms with Gasteiger partial charge in [-0.3, -0.25) is 0 Å². The summed E-state index contributed by atoms with van der Waals surface area (Å²) < 4.78 is 34.7. The first kappa shape index (κ1) is 28.7. The molecule has 0 radical (unpaired) electrons. The van der Waals surface area contributed by atoms with Crippen molar-refractivity contribution < 1.29 is 13.2 Å². The molecule has 3 saturated carbocycles. The molecule has 0 aromatic carbocycles. The first-order chi connectivity index (χ1) is 18.1. The monoisotopic (exact) mass is 560 g/mol. The molecule has 0 bridgehead atoms. The lowest BCUT2D eigenvalue weighted by Crippen LogP contribution is -2.56. The molecular weight excluding hydrogens is 504 g/mol. The average molecular weight is 561 g/mol. The molecule has 2 saturated heterocycles. The van der Waals surface area contributed by atoms with Gasteiger partial charge in [0.2, 0.25) is 10.0 Å². The number of piperidine rings is 1. The standard InChI is InChI=1S/C33H56N2O3S/c1-20-15-29-30(34-19-20)22(3)33(38-29)14-12-25-26-10-9-23-16-24(35(31(4,5)6)39(8,36)37)11-13-32(23,7)28(26)17-27(25)21(2)18-33/h20,22-26,28-30,34H,9-19H2,1-8H3/t20-,22+,23+,24+,25-,26-,28-,29+,30-,32-,33-/m0/s1. The van der Waals surface area contributed by atoms with Gasteiger partial charge in [0.05, 0.1) is 18.0 Å². The Bertz CT molecular complexity index is 1110. The molecule has 11 atom stereocenters. The van der Waals surface area contributed by atoms with Gasteiger partial charge in [0.15, 0.2) is 0 Å². The van der Waals surface area contributed by atoms with Crippen LogP contribution in [0.25, 0.3) is 0 Å². The highest BCUT2D eigenvalue weighted by Gasteiger charge is 2.60. The minimum absolute atomic E-state index is 0.0184. The van der Waals surface area contributed by atoms with E-state index in [1.807, 2.05) is 4.31 Å². The van der Waals surface area contributed by atoms with Crippen LogP contribution in [0.1, 0.15) is 113 Å². The molecule has 4 aliphatic carbocycles. The second-order valence-corrected chi connectivity index (χ2v) is 18.2. The lowest BCUT2D eigenvalue weighted by atomic mass is 9.52. The van der Waals surface area contributed by atoms with Crippen molar-refractivity contribution in [1.29, 1.82) is 0 Å². The summed E-state index contributed by atoms with van der Waals surface area (Å²) in [5.74, 6) is 4.20. The smallest absolute Gasteiger partial charge is 0.211 e. The molecular formula is C33H56N2O3S. The number of nitrogens with zero attached hydrogens (tertiary/aromatic N) is 1. The van der Waals surface area contributed by atoms with Crippen LogP contribution in [0.2, 0.25) is 0 Å². The van der Waals surface area contributed by atoms with Gasteiger partial charge < -0.3 is 10.1 Å². The number of ether oxygens (including phenoxy) is 1. The normalized spacial score (nSPS) is 48.5. The van der Waals surface area contributed by atoms with Crippen LogP contribution in [-0.4, -0.2) is 54.9 Å². The van der Waals surface area contributed by atoms with Gasteiger partial charge in [-0.1, -0.05) is 31.9 Å². The molecule has 2 heterocycles. The Balaban J connectivity index is 1.22. The fraction of sp³-hybridized carbons (Fsp3) is 0.939. The molecule has 222 valence electrons. The van der Waals surface area contributed by atoms with Gasteiger partial charge in [0.1, 0.15) is 0 Å². The summed E-state index contributed by atoms with van der Waals surface area (Å²) in [6.07, 6.45) is 13.7. The van der Waals surface area contributed by atoms with Crippen LogP contribution in [0.4, 0.5) is 0 Å². The molecule has 39 heavy (non-hydrogen) atoms. The zero-order valence-electron chi connectivity index (χ0n) is 26.1. The number of fused-ring (bicyclic) bond motifs is 6. The van der Waals surface area contributed by atoms with Crippen LogP contribution in [0.3, 0.4) is 0 Å². The Hall–Kier alpha value is -0.430. The van der Waals surface area contributed by atoms with Crippen molar-refractivity contribution in [1.82, 2.24) is 9.62 Å². The van der Waals surface area contributed by atoms with E-state index in [1.54, 1.807) is 11.1 Å². The zero-order chi connectivity index (χ0) is 28.1. The van der Waals surface area contributed by atoms with E-state index in [4.69, 9.17) is 4.74 Å². The lowest BCUT2D eigenvalue weighted by molar-refractivity contribution is -0.0762. The van der Waals surface area contributed by atoms with E-state index in [1.165, 1.54) is 51.2 Å². The van der Waals surface area contributed by atoms with Crippen molar-refractivity contribution in [2.75, 3.05) is 12.8 Å². The van der Waals surface area contributed by atoms with Crippen LogP contribution < -0.4 is 5.32 Å². The molecule has 0 amide bonds. The number of allylic oxidation sites excluding steroid dienone is 1. The zero-order valence-corrected chi connectivity index (χ0v) is 26.9.